The lowest BCUT2D eigenvalue weighted by Crippen LogP contribution is -2.15. The maximum atomic E-state index is 12.8. The Morgan fingerprint density at radius 1 is 1.19 bits per heavy atom. The molecule has 6 nitrogen and oxygen atoms in total. The Morgan fingerprint density at radius 2 is 2.00 bits per heavy atom. The number of carbonyl (C=O) groups is 1. The summed E-state index contributed by atoms with van der Waals surface area (Å²) < 4.78 is 46.2. The minimum Gasteiger partial charge on any atom is -0.453 e. The number of hydrogen-bond acceptors (Lipinski definition) is 5. The van der Waals surface area contributed by atoms with E-state index in [1.807, 2.05) is 13.0 Å². The van der Waals surface area contributed by atoms with Crippen LogP contribution in [0.2, 0.25) is 5.02 Å². The largest absolute Gasteiger partial charge is 0.453 e. The number of nitrogens with zero attached hydrogens (tertiary/aromatic N) is 3. The van der Waals surface area contributed by atoms with Crippen molar-refractivity contribution in [3.8, 4) is 11.6 Å². The molecule has 1 amide bonds. The lowest BCUT2D eigenvalue weighted by molar-refractivity contribution is -0.137. The predicted molar refractivity (Wildman–Crippen MR) is 117 cm³/mol. The van der Waals surface area contributed by atoms with E-state index in [0.717, 1.165) is 29.3 Å². The van der Waals surface area contributed by atoms with E-state index in [9.17, 15) is 18.0 Å². The van der Waals surface area contributed by atoms with Gasteiger partial charge >= 0.3 is 6.18 Å². The summed E-state index contributed by atoms with van der Waals surface area (Å²) in [6, 6.07) is 11.6. The van der Waals surface area contributed by atoms with Crippen LogP contribution in [0.15, 0.2) is 58.1 Å². The van der Waals surface area contributed by atoms with Crippen LogP contribution in [-0.4, -0.2) is 26.4 Å². The van der Waals surface area contributed by atoms with Crippen molar-refractivity contribution < 1.29 is 22.4 Å². The molecule has 1 N–H and O–H groups in total. The van der Waals surface area contributed by atoms with Crippen molar-refractivity contribution in [1.29, 1.82) is 0 Å². The van der Waals surface area contributed by atoms with Gasteiger partial charge in [-0.05, 0) is 49.4 Å². The molecular formula is C21H16ClF3N4O2S. The molecule has 4 aromatic rings. The lowest BCUT2D eigenvalue weighted by atomic mass is 10.2. The Kier molecular flexibility index (Phi) is 6.16. The van der Waals surface area contributed by atoms with Crippen molar-refractivity contribution in [3.63, 3.8) is 0 Å². The van der Waals surface area contributed by atoms with Gasteiger partial charge in [-0.15, -0.1) is 10.2 Å². The fraction of sp³-hybridized carbons (Fsp3) is 0.190. The molecule has 4 rings (SSSR count). The third kappa shape index (κ3) is 4.76. The Balaban J connectivity index is 1.47. The summed E-state index contributed by atoms with van der Waals surface area (Å²) in [7, 11) is 0. The van der Waals surface area contributed by atoms with Crippen LogP contribution in [0.3, 0.4) is 0 Å². The fourth-order valence-electron chi connectivity index (χ4n) is 3.09. The molecule has 0 saturated heterocycles. The quantitative estimate of drug-likeness (QED) is 0.337. The highest BCUT2D eigenvalue weighted by atomic mass is 35.5. The summed E-state index contributed by atoms with van der Waals surface area (Å²) >= 11 is 7.15. The van der Waals surface area contributed by atoms with Crippen LogP contribution in [-0.2, 0) is 17.5 Å². The molecule has 166 valence electrons. The van der Waals surface area contributed by atoms with Crippen molar-refractivity contribution in [3.05, 3.63) is 59.1 Å². The first-order valence-electron chi connectivity index (χ1n) is 9.47. The van der Waals surface area contributed by atoms with E-state index in [0.29, 0.717) is 33.9 Å². The minimum absolute atomic E-state index is 0.0515. The summed E-state index contributed by atoms with van der Waals surface area (Å²) in [5, 5.41) is 12.7. The monoisotopic (exact) mass is 480 g/mol. The molecule has 0 unspecified atom stereocenters. The number of thioether (sulfide) groups is 1. The van der Waals surface area contributed by atoms with Gasteiger partial charge in [0, 0.05) is 22.6 Å². The third-order valence-corrected chi connectivity index (χ3v) is 5.74. The summed E-state index contributed by atoms with van der Waals surface area (Å²) in [5.41, 5.74) is -0.0980. The van der Waals surface area contributed by atoms with Gasteiger partial charge in [-0.2, -0.15) is 13.2 Å². The highest BCUT2D eigenvalue weighted by Crippen LogP contribution is 2.32. The molecule has 11 heteroatoms. The van der Waals surface area contributed by atoms with Gasteiger partial charge in [0.1, 0.15) is 5.58 Å². The average molecular weight is 481 g/mol. The molecule has 0 radical (unpaired) electrons. The van der Waals surface area contributed by atoms with Crippen molar-refractivity contribution in [2.45, 2.75) is 24.8 Å². The van der Waals surface area contributed by atoms with E-state index in [4.69, 9.17) is 16.0 Å². The predicted octanol–water partition coefficient (Wildman–Crippen LogP) is 6.11. The molecule has 2 aromatic carbocycles. The molecule has 0 aliphatic rings. The molecular weight excluding hydrogens is 465 g/mol. The van der Waals surface area contributed by atoms with Gasteiger partial charge in [-0.1, -0.05) is 29.4 Å². The Labute approximate surface area is 189 Å². The number of carbonyl (C=O) groups excluding carboxylic acids is 1. The SMILES string of the molecule is CCn1c(SCC(=O)Nc2cccc(C(F)(F)F)c2)nnc1-c1cc2cc(Cl)ccc2o1. The van der Waals surface area contributed by atoms with Crippen LogP contribution in [0.5, 0.6) is 0 Å². The zero-order valence-electron chi connectivity index (χ0n) is 16.6. The number of aromatic nitrogens is 3. The van der Waals surface area contributed by atoms with Crippen molar-refractivity contribution in [1.82, 2.24) is 14.8 Å². The van der Waals surface area contributed by atoms with Crippen LogP contribution in [0.25, 0.3) is 22.6 Å². The molecule has 0 bridgehead atoms. The third-order valence-electron chi connectivity index (χ3n) is 4.54. The zero-order valence-corrected chi connectivity index (χ0v) is 18.2. The summed E-state index contributed by atoms with van der Waals surface area (Å²) in [5.74, 6) is 0.502. The summed E-state index contributed by atoms with van der Waals surface area (Å²) in [6.07, 6.45) is -4.48. The summed E-state index contributed by atoms with van der Waals surface area (Å²) in [6.45, 7) is 2.43. The van der Waals surface area contributed by atoms with Crippen LogP contribution >= 0.6 is 23.4 Å². The minimum atomic E-state index is -4.48. The number of fused-ring (bicyclic) bond motifs is 1. The highest BCUT2D eigenvalue weighted by molar-refractivity contribution is 7.99. The Hall–Kier alpha value is -2.98. The van der Waals surface area contributed by atoms with E-state index in [1.165, 1.54) is 12.1 Å². The number of amides is 1. The topological polar surface area (TPSA) is 73.0 Å². The number of hydrogen-bond donors (Lipinski definition) is 1. The molecule has 0 spiro atoms. The molecule has 0 saturated carbocycles. The molecule has 32 heavy (non-hydrogen) atoms. The smallest absolute Gasteiger partial charge is 0.416 e. The van der Waals surface area contributed by atoms with Crippen LogP contribution < -0.4 is 5.32 Å². The number of anilines is 1. The normalized spacial score (nSPS) is 11.8. The molecule has 2 aromatic heterocycles. The molecule has 2 heterocycles. The maximum absolute atomic E-state index is 12.8. The lowest BCUT2D eigenvalue weighted by Gasteiger charge is -2.10. The second-order valence-electron chi connectivity index (χ2n) is 6.76. The standard InChI is InChI=1S/C21H16ClF3N4O2S/c1-2-29-19(17-9-12-8-14(22)6-7-16(12)31-17)27-28-20(29)32-11-18(30)26-15-5-3-4-13(10-15)21(23,24)25/h3-10H,2,11H2,1H3,(H,26,30). The van der Waals surface area contributed by atoms with E-state index >= 15 is 0 Å². The fourth-order valence-corrected chi connectivity index (χ4v) is 4.07. The van der Waals surface area contributed by atoms with Crippen molar-refractivity contribution in [2.24, 2.45) is 0 Å². The van der Waals surface area contributed by atoms with Crippen molar-refractivity contribution >= 4 is 45.9 Å². The number of nitrogens with one attached hydrogen (secondary N) is 1. The Morgan fingerprint density at radius 3 is 2.75 bits per heavy atom. The first kappa shape index (κ1) is 22.2. The van der Waals surface area contributed by atoms with Gasteiger partial charge in [0.25, 0.3) is 0 Å². The number of furan rings is 1. The van der Waals surface area contributed by atoms with Gasteiger partial charge in [-0.25, -0.2) is 0 Å². The van der Waals surface area contributed by atoms with E-state index in [2.05, 4.69) is 15.5 Å². The van der Waals surface area contributed by atoms with Crippen LogP contribution in [0.1, 0.15) is 12.5 Å². The van der Waals surface area contributed by atoms with E-state index in [1.54, 1.807) is 22.8 Å². The number of halogens is 4. The van der Waals surface area contributed by atoms with Gasteiger partial charge in [0.2, 0.25) is 11.7 Å². The summed E-state index contributed by atoms with van der Waals surface area (Å²) in [4.78, 5) is 12.3. The maximum Gasteiger partial charge on any atom is 0.416 e. The van der Waals surface area contributed by atoms with Gasteiger partial charge in [-0.3, -0.25) is 9.36 Å². The molecule has 0 atom stereocenters. The van der Waals surface area contributed by atoms with Crippen LogP contribution in [0, 0.1) is 0 Å². The number of benzene rings is 2. The van der Waals surface area contributed by atoms with Gasteiger partial charge in [0.05, 0.1) is 11.3 Å². The van der Waals surface area contributed by atoms with Crippen LogP contribution in [0.4, 0.5) is 18.9 Å². The van der Waals surface area contributed by atoms with E-state index < -0.39 is 17.6 Å². The zero-order chi connectivity index (χ0) is 22.9. The first-order valence-corrected chi connectivity index (χ1v) is 10.8. The van der Waals surface area contributed by atoms with E-state index in [-0.39, 0.29) is 11.4 Å². The average Bonchev–Trinajstić information content (AvgIpc) is 3.34. The number of rotatable bonds is 6. The van der Waals surface area contributed by atoms with Crippen molar-refractivity contribution in [2.75, 3.05) is 11.1 Å². The molecule has 0 fully saturated rings. The Bertz CT molecular complexity index is 1290. The molecule has 0 aliphatic carbocycles. The van der Waals surface area contributed by atoms with Gasteiger partial charge < -0.3 is 9.73 Å². The second-order valence-corrected chi connectivity index (χ2v) is 8.14. The number of alkyl halides is 3. The second kappa shape index (κ2) is 8.87. The molecule has 0 aliphatic heterocycles. The first-order chi connectivity index (χ1) is 15.2. The highest BCUT2D eigenvalue weighted by Gasteiger charge is 2.30. The van der Waals surface area contributed by atoms with Gasteiger partial charge in [0.15, 0.2) is 10.9 Å².